The fourth-order valence-corrected chi connectivity index (χ4v) is 3.76. The monoisotopic (exact) mass is 439 g/mol. The first-order chi connectivity index (χ1) is 15.4. The molecule has 0 spiro atoms. The van der Waals surface area contributed by atoms with Gasteiger partial charge in [-0.2, -0.15) is 5.10 Å². The predicted molar refractivity (Wildman–Crippen MR) is 120 cm³/mol. The van der Waals surface area contributed by atoms with Crippen molar-refractivity contribution in [3.8, 4) is 11.1 Å². The lowest BCUT2D eigenvalue weighted by atomic mass is 10.1. The Morgan fingerprint density at radius 3 is 2.72 bits per heavy atom. The number of carbonyl (C=O) groups is 2. The number of hydrogen-bond acceptors (Lipinski definition) is 7. The fraction of sp³-hybridized carbons (Fsp3) is 0.391. The number of cyclic esters (lactones) is 1. The normalized spacial score (nSPS) is 18.3. The van der Waals surface area contributed by atoms with Crippen LogP contribution in [0.25, 0.3) is 11.1 Å². The number of aromatic nitrogens is 1. The van der Waals surface area contributed by atoms with Crippen LogP contribution in [0.1, 0.15) is 26.7 Å². The van der Waals surface area contributed by atoms with Gasteiger partial charge in [-0.25, -0.2) is 14.2 Å². The largest absolute Gasteiger partial charge is 0.444 e. The zero-order valence-corrected chi connectivity index (χ0v) is 18.2. The molecule has 3 heterocycles. The first kappa shape index (κ1) is 21.7. The molecular weight excluding hydrogens is 413 g/mol. The summed E-state index contributed by atoms with van der Waals surface area (Å²) in [6.07, 6.45) is 3.31. The Hall–Kier alpha value is -3.49. The molecule has 8 nitrogen and oxygen atoms in total. The van der Waals surface area contributed by atoms with Crippen LogP contribution in [-0.4, -0.2) is 60.5 Å². The molecule has 1 saturated heterocycles. The number of ketones is 1. The van der Waals surface area contributed by atoms with E-state index in [1.165, 1.54) is 17.9 Å². The Labute approximate surface area is 186 Å². The summed E-state index contributed by atoms with van der Waals surface area (Å²) in [5, 5.41) is 6.33. The van der Waals surface area contributed by atoms with E-state index in [1.54, 1.807) is 24.7 Å². The number of hydrazone groups is 1. The minimum Gasteiger partial charge on any atom is -0.444 e. The highest BCUT2D eigenvalue weighted by atomic mass is 19.1. The standard InChI is InChI=1S/C23H26FN5O3/c1-3-28-11-10-27(15-26-28)22-9-5-17(13-25-22)20-8-6-18(12-21(20)24)29-14-19(32-23(29)31)7-4-16(2)30/h5-6,8-9,12-13,15,19H,3-4,7,10-11,14H2,1-2H3/t19-/m0/s1. The van der Waals surface area contributed by atoms with Crippen molar-refractivity contribution in [2.75, 3.05) is 36.0 Å². The van der Waals surface area contributed by atoms with E-state index in [4.69, 9.17) is 4.74 Å². The van der Waals surface area contributed by atoms with Crippen LogP contribution in [0.15, 0.2) is 41.6 Å². The Bertz CT molecular complexity index is 1030. The molecule has 0 aliphatic carbocycles. The third-order valence-corrected chi connectivity index (χ3v) is 5.63. The van der Waals surface area contributed by atoms with Crippen LogP contribution in [0.4, 0.5) is 20.7 Å². The minimum absolute atomic E-state index is 0.0463. The average molecular weight is 439 g/mol. The number of nitrogens with zero attached hydrogens (tertiary/aromatic N) is 5. The Kier molecular flexibility index (Phi) is 6.34. The van der Waals surface area contributed by atoms with Gasteiger partial charge in [0.15, 0.2) is 0 Å². The van der Waals surface area contributed by atoms with Gasteiger partial charge < -0.3 is 14.4 Å². The van der Waals surface area contributed by atoms with Crippen molar-refractivity contribution in [3.63, 3.8) is 0 Å². The summed E-state index contributed by atoms with van der Waals surface area (Å²) in [5.74, 6) is 0.349. The van der Waals surface area contributed by atoms with Crippen molar-refractivity contribution in [3.05, 3.63) is 42.3 Å². The van der Waals surface area contributed by atoms with E-state index in [2.05, 4.69) is 17.0 Å². The van der Waals surface area contributed by atoms with Gasteiger partial charge in [-0.05, 0) is 50.6 Å². The summed E-state index contributed by atoms with van der Waals surface area (Å²) in [6, 6.07) is 8.32. The lowest BCUT2D eigenvalue weighted by Gasteiger charge is -2.28. The van der Waals surface area contributed by atoms with Gasteiger partial charge >= 0.3 is 6.09 Å². The number of pyridine rings is 1. The number of likely N-dealkylation sites (N-methyl/N-ethyl adjacent to an activating group) is 1. The van der Waals surface area contributed by atoms with Crippen molar-refractivity contribution >= 4 is 29.7 Å². The van der Waals surface area contributed by atoms with Crippen molar-refractivity contribution < 1.29 is 18.7 Å². The van der Waals surface area contributed by atoms with Crippen LogP contribution in [0.5, 0.6) is 0 Å². The number of halogens is 1. The van der Waals surface area contributed by atoms with Gasteiger partial charge in [0.25, 0.3) is 0 Å². The number of benzene rings is 1. The molecule has 168 valence electrons. The summed E-state index contributed by atoms with van der Waals surface area (Å²) >= 11 is 0. The van der Waals surface area contributed by atoms with E-state index in [-0.39, 0.29) is 11.9 Å². The topological polar surface area (TPSA) is 78.3 Å². The molecule has 0 saturated carbocycles. The van der Waals surface area contributed by atoms with E-state index in [0.717, 1.165) is 25.5 Å². The maximum atomic E-state index is 14.9. The van der Waals surface area contributed by atoms with E-state index in [9.17, 15) is 14.0 Å². The van der Waals surface area contributed by atoms with Crippen LogP contribution >= 0.6 is 0 Å². The SMILES string of the molecule is CCN1CCN(c2ccc(-c3ccc(N4C[C@H](CCC(C)=O)OC4=O)cc3F)cn2)C=N1. The fourth-order valence-electron chi connectivity index (χ4n) is 3.76. The number of Topliss-reactive ketones (excluding diaryl/α,β-unsaturated/α-hetero) is 1. The zero-order valence-electron chi connectivity index (χ0n) is 18.2. The van der Waals surface area contributed by atoms with Crippen molar-refractivity contribution in [2.24, 2.45) is 5.10 Å². The Morgan fingerprint density at radius 2 is 2.09 bits per heavy atom. The molecule has 1 amide bonds. The summed E-state index contributed by atoms with van der Waals surface area (Å²) in [4.78, 5) is 31.2. The van der Waals surface area contributed by atoms with E-state index in [1.807, 2.05) is 22.0 Å². The third-order valence-electron chi connectivity index (χ3n) is 5.63. The molecule has 1 atom stereocenters. The molecule has 2 aromatic rings. The van der Waals surface area contributed by atoms with Gasteiger partial charge in [-0.3, -0.25) is 9.91 Å². The zero-order chi connectivity index (χ0) is 22.7. The number of anilines is 2. The van der Waals surface area contributed by atoms with Gasteiger partial charge in [-0.15, -0.1) is 0 Å². The molecule has 1 aromatic heterocycles. The molecule has 2 aliphatic rings. The molecule has 0 bridgehead atoms. The van der Waals surface area contributed by atoms with Gasteiger partial charge in [0, 0.05) is 36.8 Å². The van der Waals surface area contributed by atoms with E-state index in [0.29, 0.717) is 36.2 Å². The molecule has 0 unspecified atom stereocenters. The lowest BCUT2D eigenvalue weighted by Crippen LogP contribution is -2.38. The average Bonchev–Trinajstić information content (AvgIpc) is 3.18. The lowest BCUT2D eigenvalue weighted by molar-refractivity contribution is -0.117. The van der Waals surface area contributed by atoms with Crippen LogP contribution in [0, 0.1) is 5.82 Å². The quantitative estimate of drug-likeness (QED) is 0.655. The predicted octanol–water partition coefficient (Wildman–Crippen LogP) is 3.67. The first-order valence-corrected chi connectivity index (χ1v) is 10.7. The number of rotatable bonds is 7. The highest BCUT2D eigenvalue weighted by Gasteiger charge is 2.32. The summed E-state index contributed by atoms with van der Waals surface area (Å²) in [7, 11) is 0. The molecule has 0 N–H and O–H groups in total. The summed E-state index contributed by atoms with van der Waals surface area (Å²) in [5.41, 5.74) is 1.47. The number of hydrogen-bond donors (Lipinski definition) is 0. The molecule has 2 aliphatic heterocycles. The Balaban J connectivity index is 1.46. The molecule has 32 heavy (non-hydrogen) atoms. The second-order valence-corrected chi connectivity index (χ2v) is 7.90. The molecule has 1 aromatic carbocycles. The minimum atomic E-state index is -0.526. The van der Waals surface area contributed by atoms with Crippen LogP contribution in [0.3, 0.4) is 0 Å². The van der Waals surface area contributed by atoms with Crippen molar-refractivity contribution in [2.45, 2.75) is 32.8 Å². The number of ether oxygens (including phenoxy) is 1. The molecule has 0 radical (unpaired) electrons. The summed E-state index contributed by atoms with van der Waals surface area (Å²) < 4.78 is 20.2. The summed E-state index contributed by atoms with van der Waals surface area (Å²) in [6.45, 7) is 6.32. The maximum Gasteiger partial charge on any atom is 0.414 e. The van der Waals surface area contributed by atoms with Gasteiger partial charge in [-0.1, -0.05) is 0 Å². The first-order valence-electron chi connectivity index (χ1n) is 10.7. The van der Waals surface area contributed by atoms with E-state index >= 15 is 0 Å². The van der Waals surface area contributed by atoms with Crippen LogP contribution in [-0.2, 0) is 9.53 Å². The second-order valence-electron chi connectivity index (χ2n) is 7.90. The highest BCUT2D eigenvalue weighted by Crippen LogP contribution is 2.30. The number of carbonyl (C=O) groups excluding carboxylic acids is 2. The second kappa shape index (κ2) is 9.33. The van der Waals surface area contributed by atoms with Crippen LogP contribution in [0.2, 0.25) is 0 Å². The van der Waals surface area contributed by atoms with Gasteiger partial charge in [0.2, 0.25) is 0 Å². The number of amides is 1. The highest BCUT2D eigenvalue weighted by molar-refractivity contribution is 5.90. The van der Waals surface area contributed by atoms with Crippen molar-refractivity contribution in [1.29, 1.82) is 0 Å². The van der Waals surface area contributed by atoms with E-state index < -0.39 is 11.9 Å². The Morgan fingerprint density at radius 1 is 1.25 bits per heavy atom. The van der Waals surface area contributed by atoms with Gasteiger partial charge in [0.05, 0.1) is 18.8 Å². The molecule has 4 rings (SSSR count). The smallest absolute Gasteiger partial charge is 0.414 e. The van der Waals surface area contributed by atoms with Crippen LogP contribution < -0.4 is 9.80 Å². The molecule has 1 fully saturated rings. The third kappa shape index (κ3) is 4.71. The van der Waals surface area contributed by atoms with Crippen molar-refractivity contribution in [1.82, 2.24) is 9.99 Å². The molecular formula is C23H26FN5O3. The maximum absolute atomic E-state index is 14.9. The van der Waals surface area contributed by atoms with Gasteiger partial charge in [0.1, 0.15) is 29.9 Å². The molecule has 9 heteroatoms.